The molecule has 21 heavy (non-hydrogen) atoms. The van der Waals surface area contributed by atoms with E-state index in [2.05, 4.69) is 32.0 Å². The SMILES string of the molecule is COC(=O)[C@]12[C@H](ON3CCc4ccccc4[C@@H]31)[C@@H](C)[C@@H]2C. The summed E-state index contributed by atoms with van der Waals surface area (Å²) in [6.07, 6.45) is 0.912. The number of rotatable bonds is 1. The predicted molar refractivity (Wildman–Crippen MR) is 77.2 cm³/mol. The minimum Gasteiger partial charge on any atom is -0.468 e. The van der Waals surface area contributed by atoms with Gasteiger partial charge in [0.2, 0.25) is 0 Å². The largest absolute Gasteiger partial charge is 0.468 e. The van der Waals surface area contributed by atoms with E-state index in [4.69, 9.17) is 9.57 Å². The number of fused-ring (bicyclic) bond motifs is 5. The molecule has 4 rings (SSSR count). The summed E-state index contributed by atoms with van der Waals surface area (Å²) in [4.78, 5) is 18.9. The average Bonchev–Trinajstić information content (AvgIpc) is 2.86. The molecule has 2 fully saturated rings. The number of hydroxylamine groups is 2. The number of hydrogen-bond acceptors (Lipinski definition) is 4. The van der Waals surface area contributed by atoms with Crippen molar-refractivity contribution in [2.45, 2.75) is 32.4 Å². The lowest BCUT2D eigenvalue weighted by Crippen LogP contribution is -2.63. The molecule has 5 atom stereocenters. The Morgan fingerprint density at radius 2 is 2.14 bits per heavy atom. The van der Waals surface area contributed by atoms with Gasteiger partial charge < -0.3 is 4.74 Å². The number of methoxy groups -OCH3 is 1. The maximum Gasteiger partial charge on any atom is 0.316 e. The van der Waals surface area contributed by atoms with Gasteiger partial charge in [0, 0.05) is 6.54 Å². The Morgan fingerprint density at radius 1 is 1.38 bits per heavy atom. The molecule has 0 spiro atoms. The number of ether oxygens (including phenoxy) is 1. The maximum atomic E-state index is 12.7. The van der Waals surface area contributed by atoms with Crippen LogP contribution in [-0.2, 0) is 20.8 Å². The Morgan fingerprint density at radius 3 is 2.90 bits per heavy atom. The number of hydrogen-bond donors (Lipinski definition) is 0. The smallest absolute Gasteiger partial charge is 0.316 e. The van der Waals surface area contributed by atoms with Crippen LogP contribution in [0.5, 0.6) is 0 Å². The summed E-state index contributed by atoms with van der Waals surface area (Å²) in [6, 6.07) is 8.41. The van der Waals surface area contributed by atoms with Crippen molar-refractivity contribution in [2.24, 2.45) is 17.3 Å². The van der Waals surface area contributed by atoms with Crippen molar-refractivity contribution in [3.8, 4) is 0 Å². The Hall–Kier alpha value is -1.39. The minimum absolute atomic E-state index is 0.00824. The van der Waals surface area contributed by atoms with Crippen LogP contribution in [0.2, 0.25) is 0 Å². The topological polar surface area (TPSA) is 38.8 Å². The van der Waals surface area contributed by atoms with Crippen LogP contribution in [0.1, 0.15) is 31.0 Å². The molecule has 0 radical (unpaired) electrons. The highest BCUT2D eigenvalue weighted by molar-refractivity contribution is 5.81. The molecule has 0 aromatic heterocycles. The molecule has 0 N–H and O–H groups in total. The van der Waals surface area contributed by atoms with Gasteiger partial charge >= 0.3 is 5.97 Å². The molecule has 2 aliphatic heterocycles. The fraction of sp³-hybridized carbons (Fsp3) is 0.588. The van der Waals surface area contributed by atoms with E-state index in [9.17, 15) is 4.79 Å². The summed E-state index contributed by atoms with van der Waals surface area (Å²) >= 11 is 0. The van der Waals surface area contributed by atoms with Crippen molar-refractivity contribution in [2.75, 3.05) is 13.7 Å². The van der Waals surface area contributed by atoms with Gasteiger partial charge in [0.15, 0.2) is 0 Å². The number of esters is 1. The van der Waals surface area contributed by atoms with Crippen LogP contribution in [0.4, 0.5) is 0 Å². The van der Waals surface area contributed by atoms with Gasteiger partial charge in [-0.3, -0.25) is 9.63 Å². The second-order valence-electron chi connectivity index (χ2n) is 6.59. The molecule has 4 nitrogen and oxygen atoms in total. The van der Waals surface area contributed by atoms with Gasteiger partial charge in [-0.2, -0.15) is 5.06 Å². The molecule has 0 amide bonds. The number of carbonyl (C=O) groups excluding carboxylic acids is 1. The Kier molecular flexibility index (Phi) is 2.72. The van der Waals surface area contributed by atoms with Crippen LogP contribution in [0.25, 0.3) is 0 Å². The van der Waals surface area contributed by atoms with Crippen molar-refractivity contribution in [3.63, 3.8) is 0 Å². The average molecular weight is 287 g/mol. The first kappa shape index (κ1) is 13.3. The van der Waals surface area contributed by atoms with Gasteiger partial charge in [-0.15, -0.1) is 0 Å². The molecule has 4 heteroatoms. The Bertz CT molecular complexity index is 601. The maximum absolute atomic E-state index is 12.7. The monoisotopic (exact) mass is 287 g/mol. The molecule has 2 heterocycles. The first-order chi connectivity index (χ1) is 10.1. The molecular formula is C17H21NO3. The van der Waals surface area contributed by atoms with E-state index in [1.165, 1.54) is 18.2 Å². The van der Waals surface area contributed by atoms with Crippen LogP contribution in [0.3, 0.4) is 0 Å². The van der Waals surface area contributed by atoms with Crippen LogP contribution in [-0.4, -0.2) is 30.8 Å². The summed E-state index contributed by atoms with van der Waals surface area (Å²) in [5.74, 6) is 0.514. The van der Waals surface area contributed by atoms with Gasteiger partial charge in [0.05, 0.1) is 13.2 Å². The van der Waals surface area contributed by atoms with E-state index < -0.39 is 5.41 Å². The van der Waals surface area contributed by atoms with Crippen molar-refractivity contribution in [1.29, 1.82) is 0 Å². The van der Waals surface area contributed by atoms with Gasteiger partial charge in [-0.05, 0) is 29.4 Å². The molecule has 1 aliphatic carbocycles. The summed E-state index contributed by atoms with van der Waals surface area (Å²) in [6.45, 7) is 5.17. The van der Waals surface area contributed by atoms with Crippen LogP contribution < -0.4 is 0 Å². The highest BCUT2D eigenvalue weighted by Gasteiger charge is 2.74. The molecule has 1 aromatic carbocycles. The lowest BCUT2D eigenvalue weighted by molar-refractivity contribution is -0.216. The van der Waals surface area contributed by atoms with E-state index >= 15 is 0 Å². The highest BCUT2D eigenvalue weighted by Crippen LogP contribution is 2.66. The third-order valence-electron chi connectivity index (χ3n) is 5.97. The van der Waals surface area contributed by atoms with E-state index in [1.54, 1.807) is 0 Å². The lowest BCUT2D eigenvalue weighted by Gasteiger charge is -2.53. The first-order valence-corrected chi connectivity index (χ1v) is 7.72. The molecule has 0 unspecified atom stereocenters. The van der Waals surface area contributed by atoms with Crippen LogP contribution >= 0.6 is 0 Å². The summed E-state index contributed by atoms with van der Waals surface area (Å²) in [5, 5.41) is 2.03. The molecule has 1 saturated carbocycles. The second kappa shape index (κ2) is 4.31. The standard InChI is InChI=1S/C17H21NO3/c1-10-11(2)17(16(19)20-3)14-13-7-5-4-6-12(13)8-9-18(14)21-15(10)17/h4-7,10-11,14-15H,8-9H2,1-3H3/t10-,11-,14+,15+,17-/m0/s1. The van der Waals surface area contributed by atoms with Crippen LogP contribution in [0, 0.1) is 17.3 Å². The number of nitrogens with zero attached hydrogens (tertiary/aromatic N) is 1. The minimum atomic E-state index is -0.551. The van der Waals surface area contributed by atoms with Crippen molar-refractivity contribution < 1.29 is 14.4 Å². The Balaban J connectivity index is 1.88. The van der Waals surface area contributed by atoms with Crippen molar-refractivity contribution in [1.82, 2.24) is 5.06 Å². The van der Waals surface area contributed by atoms with E-state index in [0.717, 1.165) is 13.0 Å². The fourth-order valence-corrected chi connectivity index (χ4v) is 4.75. The van der Waals surface area contributed by atoms with Gasteiger partial charge in [0.1, 0.15) is 11.5 Å². The third-order valence-corrected chi connectivity index (χ3v) is 5.97. The quantitative estimate of drug-likeness (QED) is 0.743. The van der Waals surface area contributed by atoms with Gasteiger partial charge in [-0.25, -0.2) is 0 Å². The highest BCUT2D eigenvalue weighted by atomic mass is 16.7. The van der Waals surface area contributed by atoms with Crippen LogP contribution in [0.15, 0.2) is 24.3 Å². The molecule has 3 aliphatic rings. The van der Waals surface area contributed by atoms with Crippen molar-refractivity contribution >= 4 is 5.97 Å². The molecule has 0 bridgehead atoms. The summed E-state index contributed by atoms with van der Waals surface area (Å²) in [5.41, 5.74) is 2.01. The summed E-state index contributed by atoms with van der Waals surface area (Å²) < 4.78 is 5.20. The lowest BCUT2D eigenvalue weighted by atomic mass is 9.49. The van der Waals surface area contributed by atoms with Gasteiger partial charge in [-0.1, -0.05) is 38.1 Å². The first-order valence-electron chi connectivity index (χ1n) is 7.72. The van der Waals surface area contributed by atoms with E-state index in [1.807, 2.05) is 11.1 Å². The van der Waals surface area contributed by atoms with E-state index in [-0.39, 0.29) is 24.0 Å². The van der Waals surface area contributed by atoms with Gasteiger partial charge in [0.25, 0.3) is 0 Å². The number of benzene rings is 1. The van der Waals surface area contributed by atoms with E-state index in [0.29, 0.717) is 5.92 Å². The number of carbonyl (C=O) groups is 1. The molecular weight excluding hydrogens is 266 g/mol. The zero-order valence-corrected chi connectivity index (χ0v) is 12.7. The zero-order chi connectivity index (χ0) is 14.8. The normalized spacial score (nSPS) is 40.7. The zero-order valence-electron chi connectivity index (χ0n) is 12.7. The third kappa shape index (κ3) is 1.40. The predicted octanol–water partition coefficient (Wildman–Crippen LogP) is 2.34. The summed E-state index contributed by atoms with van der Waals surface area (Å²) in [7, 11) is 1.49. The fourth-order valence-electron chi connectivity index (χ4n) is 4.75. The molecule has 1 aromatic rings. The Labute approximate surface area is 125 Å². The molecule has 1 saturated heterocycles. The molecule has 112 valence electrons. The van der Waals surface area contributed by atoms with Crippen molar-refractivity contribution in [3.05, 3.63) is 35.4 Å². The second-order valence-corrected chi connectivity index (χ2v) is 6.59.